The number of hydrogen-bond donors (Lipinski definition) is 0. The molecule has 0 atom stereocenters. The maximum absolute atomic E-state index is 13.1. The molecule has 2 aromatic rings. The van der Waals surface area contributed by atoms with Crippen LogP contribution >= 0.6 is 11.6 Å². The fraction of sp³-hybridized carbons (Fsp3) is 0.400. The van der Waals surface area contributed by atoms with E-state index in [-0.39, 0.29) is 13.1 Å². The summed E-state index contributed by atoms with van der Waals surface area (Å²) in [6.07, 6.45) is -4.15. The van der Waals surface area contributed by atoms with E-state index in [0.29, 0.717) is 32.1 Å². The van der Waals surface area contributed by atoms with Crippen molar-refractivity contribution in [3.05, 3.63) is 58.6 Å². The summed E-state index contributed by atoms with van der Waals surface area (Å²) < 4.78 is 71.7. The van der Waals surface area contributed by atoms with Gasteiger partial charge in [0.1, 0.15) is 5.75 Å². The SMILES string of the molecule is COc1ccc(CN2CCCN(S(=O)(=O)c3ccc(Cl)c(C(F)(F)F)c3)CC2)cc1. The van der Waals surface area contributed by atoms with Gasteiger partial charge in [-0.3, -0.25) is 4.90 Å². The van der Waals surface area contributed by atoms with Crippen LogP contribution in [0.15, 0.2) is 47.4 Å². The van der Waals surface area contributed by atoms with E-state index in [0.717, 1.165) is 23.4 Å². The average molecular weight is 463 g/mol. The molecule has 1 fully saturated rings. The quantitative estimate of drug-likeness (QED) is 0.666. The van der Waals surface area contributed by atoms with E-state index in [9.17, 15) is 21.6 Å². The zero-order chi connectivity index (χ0) is 21.9. The van der Waals surface area contributed by atoms with Gasteiger partial charge in [0.2, 0.25) is 10.0 Å². The van der Waals surface area contributed by atoms with Gasteiger partial charge in [0.25, 0.3) is 0 Å². The standard InChI is InChI=1S/C20H22ClF3N2O3S/c1-29-16-5-3-15(4-6-16)14-25-9-2-10-26(12-11-25)30(27,28)17-7-8-19(21)18(13-17)20(22,23)24/h3-8,13H,2,9-12,14H2,1H3. The Bertz CT molecular complexity index is 982. The Morgan fingerprint density at radius 2 is 1.73 bits per heavy atom. The van der Waals surface area contributed by atoms with Crippen molar-refractivity contribution in [1.82, 2.24) is 9.21 Å². The lowest BCUT2D eigenvalue weighted by atomic mass is 10.2. The zero-order valence-corrected chi connectivity index (χ0v) is 17.9. The first-order chi connectivity index (χ1) is 14.1. The van der Waals surface area contributed by atoms with Crippen molar-refractivity contribution in [3.8, 4) is 5.75 Å². The predicted octanol–water partition coefficient (Wildman–Crippen LogP) is 4.26. The number of halogens is 4. The number of hydrogen-bond acceptors (Lipinski definition) is 4. The lowest BCUT2D eigenvalue weighted by Gasteiger charge is -2.22. The Morgan fingerprint density at radius 3 is 2.37 bits per heavy atom. The number of rotatable bonds is 5. The summed E-state index contributed by atoms with van der Waals surface area (Å²) in [5.74, 6) is 0.757. The molecule has 3 rings (SSSR count). The van der Waals surface area contributed by atoms with E-state index in [1.165, 1.54) is 4.31 Å². The third-order valence-corrected chi connectivity index (χ3v) is 7.22. The van der Waals surface area contributed by atoms with E-state index >= 15 is 0 Å². The third-order valence-electron chi connectivity index (χ3n) is 4.99. The van der Waals surface area contributed by atoms with Crippen LogP contribution in [0.1, 0.15) is 17.5 Å². The fourth-order valence-electron chi connectivity index (χ4n) is 3.37. The number of benzene rings is 2. The number of methoxy groups -OCH3 is 1. The van der Waals surface area contributed by atoms with Gasteiger partial charge in [0.05, 0.1) is 22.6 Å². The van der Waals surface area contributed by atoms with E-state index in [2.05, 4.69) is 4.90 Å². The maximum Gasteiger partial charge on any atom is 0.417 e. The Morgan fingerprint density at radius 1 is 1.03 bits per heavy atom. The van der Waals surface area contributed by atoms with E-state index < -0.39 is 31.7 Å². The molecule has 0 aromatic heterocycles. The summed E-state index contributed by atoms with van der Waals surface area (Å²) in [6, 6.07) is 10.3. The van der Waals surface area contributed by atoms with Gasteiger partial charge in [0, 0.05) is 26.2 Å². The predicted molar refractivity (Wildman–Crippen MR) is 108 cm³/mol. The molecule has 0 amide bonds. The maximum atomic E-state index is 13.1. The molecule has 0 N–H and O–H groups in total. The smallest absolute Gasteiger partial charge is 0.417 e. The molecule has 1 aliphatic rings. The van der Waals surface area contributed by atoms with Gasteiger partial charge in [-0.1, -0.05) is 23.7 Å². The molecule has 1 saturated heterocycles. The summed E-state index contributed by atoms with van der Waals surface area (Å²) >= 11 is 5.62. The largest absolute Gasteiger partial charge is 0.497 e. The normalized spacial score (nSPS) is 17.0. The second-order valence-corrected chi connectivity index (χ2v) is 9.37. The summed E-state index contributed by atoms with van der Waals surface area (Å²) in [6.45, 7) is 2.25. The minimum absolute atomic E-state index is 0.197. The van der Waals surface area contributed by atoms with Crippen molar-refractivity contribution >= 4 is 21.6 Å². The van der Waals surface area contributed by atoms with Crippen LogP contribution in [-0.2, 0) is 22.7 Å². The molecule has 5 nitrogen and oxygen atoms in total. The van der Waals surface area contributed by atoms with Crippen molar-refractivity contribution in [1.29, 1.82) is 0 Å². The number of ether oxygens (including phenoxy) is 1. The van der Waals surface area contributed by atoms with Crippen molar-refractivity contribution < 1.29 is 26.3 Å². The van der Waals surface area contributed by atoms with Gasteiger partial charge in [-0.15, -0.1) is 0 Å². The van der Waals surface area contributed by atoms with Crippen molar-refractivity contribution in [2.24, 2.45) is 0 Å². The van der Waals surface area contributed by atoms with E-state index in [1.807, 2.05) is 24.3 Å². The number of alkyl halides is 3. The van der Waals surface area contributed by atoms with E-state index in [1.54, 1.807) is 7.11 Å². The number of sulfonamides is 1. The highest BCUT2D eigenvalue weighted by Crippen LogP contribution is 2.36. The Hall–Kier alpha value is -1.81. The van der Waals surface area contributed by atoms with Crippen LogP contribution in [0.2, 0.25) is 5.02 Å². The molecule has 0 radical (unpaired) electrons. The molecule has 0 spiro atoms. The minimum Gasteiger partial charge on any atom is -0.497 e. The molecule has 164 valence electrons. The van der Waals surface area contributed by atoms with Gasteiger partial charge in [-0.25, -0.2) is 8.42 Å². The molecule has 0 saturated carbocycles. The second-order valence-electron chi connectivity index (χ2n) is 7.02. The van der Waals surface area contributed by atoms with Crippen LogP contribution in [0.3, 0.4) is 0 Å². The van der Waals surface area contributed by atoms with Gasteiger partial charge >= 0.3 is 6.18 Å². The van der Waals surface area contributed by atoms with Gasteiger partial charge in [-0.05, 0) is 48.9 Å². The zero-order valence-electron chi connectivity index (χ0n) is 16.3. The van der Waals surface area contributed by atoms with Gasteiger partial charge < -0.3 is 4.74 Å². The molecular formula is C20H22ClF3N2O3S. The van der Waals surface area contributed by atoms with Crippen molar-refractivity contribution in [3.63, 3.8) is 0 Å². The molecule has 0 bridgehead atoms. The van der Waals surface area contributed by atoms with Crippen LogP contribution in [0, 0.1) is 0 Å². The molecule has 30 heavy (non-hydrogen) atoms. The van der Waals surface area contributed by atoms with Gasteiger partial charge in [0.15, 0.2) is 0 Å². The fourth-order valence-corrected chi connectivity index (χ4v) is 5.09. The minimum atomic E-state index is -4.73. The summed E-state index contributed by atoms with van der Waals surface area (Å²) in [5, 5.41) is -0.525. The first kappa shape index (κ1) is 22.9. The summed E-state index contributed by atoms with van der Waals surface area (Å²) in [7, 11) is -2.46. The average Bonchev–Trinajstić information content (AvgIpc) is 2.94. The Balaban J connectivity index is 1.72. The third kappa shape index (κ3) is 5.26. The highest BCUT2D eigenvalue weighted by Gasteiger charge is 2.35. The molecule has 0 aliphatic carbocycles. The molecular weight excluding hydrogens is 441 g/mol. The summed E-state index contributed by atoms with van der Waals surface area (Å²) in [5.41, 5.74) is -0.0826. The molecule has 1 heterocycles. The molecule has 10 heteroatoms. The van der Waals surface area contributed by atoms with Crippen LogP contribution in [0.5, 0.6) is 5.75 Å². The number of nitrogens with zero attached hydrogens (tertiary/aromatic N) is 2. The van der Waals surface area contributed by atoms with Crippen LogP contribution in [-0.4, -0.2) is 50.9 Å². The highest BCUT2D eigenvalue weighted by atomic mass is 35.5. The monoisotopic (exact) mass is 462 g/mol. The van der Waals surface area contributed by atoms with Crippen LogP contribution in [0.4, 0.5) is 13.2 Å². The van der Waals surface area contributed by atoms with Crippen LogP contribution < -0.4 is 4.74 Å². The molecule has 1 aliphatic heterocycles. The van der Waals surface area contributed by atoms with Crippen molar-refractivity contribution in [2.45, 2.75) is 24.0 Å². The van der Waals surface area contributed by atoms with E-state index in [4.69, 9.17) is 16.3 Å². The topological polar surface area (TPSA) is 49.9 Å². The van der Waals surface area contributed by atoms with Crippen LogP contribution in [0.25, 0.3) is 0 Å². The second kappa shape index (κ2) is 9.13. The lowest BCUT2D eigenvalue weighted by molar-refractivity contribution is -0.137. The Labute approximate surface area is 179 Å². The first-order valence-electron chi connectivity index (χ1n) is 9.33. The van der Waals surface area contributed by atoms with Crippen molar-refractivity contribution in [2.75, 3.05) is 33.3 Å². The van der Waals surface area contributed by atoms with Gasteiger partial charge in [-0.2, -0.15) is 17.5 Å². The summed E-state index contributed by atoms with van der Waals surface area (Å²) in [4.78, 5) is 1.73. The molecule has 0 unspecified atom stereocenters. The first-order valence-corrected chi connectivity index (χ1v) is 11.2. The molecule has 2 aromatic carbocycles. The lowest BCUT2D eigenvalue weighted by Crippen LogP contribution is -2.35. The Kier molecular flexibility index (Phi) is 6.96. The highest BCUT2D eigenvalue weighted by molar-refractivity contribution is 7.89.